The van der Waals surface area contributed by atoms with Crippen molar-refractivity contribution in [3.8, 4) is 17.1 Å². The number of hydrogen-bond acceptors (Lipinski definition) is 3. The summed E-state index contributed by atoms with van der Waals surface area (Å²) in [4.78, 5) is 3.90. The van der Waals surface area contributed by atoms with E-state index in [-0.39, 0.29) is 11.7 Å². The van der Waals surface area contributed by atoms with Crippen molar-refractivity contribution in [2.75, 3.05) is 7.11 Å². The first kappa shape index (κ1) is 8.68. The summed E-state index contributed by atoms with van der Waals surface area (Å²) in [5.74, 6) is -0.133. The summed E-state index contributed by atoms with van der Waals surface area (Å²) in [6, 6.07) is 2.91. The van der Waals surface area contributed by atoms with Gasteiger partial charge in [-0.2, -0.15) is 5.10 Å². The minimum Gasteiger partial charge on any atom is -0.481 e. The van der Waals surface area contributed by atoms with E-state index in [1.165, 1.54) is 19.4 Å². The van der Waals surface area contributed by atoms with E-state index in [1.54, 1.807) is 12.3 Å². The molecular weight excluding hydrogens is 185 g/mol. The summed E-state index contributed by atoms with van der Waals surface area (Å²) in [5, 5.41) is 6.39. The van der Waals surface area contributed by atoms with Crippen molar-refractivity contribution in [2.24, 2.45) is 0 Å². The predicted octanol–water partition coefficient (Wildman–Crippen LogP) is 1.62. The molecule has 4 nitrogen and oxygen atoms in total. The van der Waals surface area contributed by atoms with Gasteiger partial charge in [0.25, 0.3) is 0 Å². The van der Waals surface area contributed by atoms with E-state index in [9.17, 15) is 4.39 Å². The van der Waals surface area contributed by atoms with E-state index in [4.69, 9.17) is 4.74 Å². The molecule has 0 unspecified atom stereocenters. The lowest BCUT2D eigenvalue weighted by Gasteiger charge is -2.01. The normalized spacial score (nSPS) is 10.1. The number of aromatic amines is 1. The predicted molar refractivity (Wildman–Crippen MR) is 48.3 cm³/mol. The average molecular weight is 193 g/mol. The Morgan fingerprint density at radius 2 is 2.36 bits per heavy atom. The zero-order chi connectivity index (χ0) is 9.97. The average Bonchev–Trinajstić information content (AvgIpc) is 2.70. The Bertz CT molecular complexity index is 428. The van der Waals surface area contributed by atoms with Gasteiger partial charge in [0.1, 0.15) is 5.82 Å². The van der Waals surface area contributed by atoms with Gasteiger partial charge in [-0.1, -0.05) is 0 Å². The Hall–Kier alpha value is -1.91. The molecule has 0 spiro atoms. The van der Waals surface area contributed by atoms with E-state index in [2.05, 4.69) is 15.2 Å². The minimum absolute atomic E-state index is 0.255. The van der Waals surface area contributed by atoms with Gasteiger partial charge in [0, 0.05) is 18.5 Å². The van der Waals surface area contributed by atoms with Crippen molar-refractivity contribution < 1.29 is 9.13 Å². The highest BCUT2D eigenvalue weighted by molar-refractivity contribution is 5.58. The van der Waals surface area contributed by atoms with Crippen LogP contribution in [0.2, 0.25) is 0 Å². The highest BCUT2D eigenvalue weighted by Gasteiger charge is 2.07. The Balaban J connectivity index is 2.46. The molecule has 0 aliphatic heterocycles. The van der Waals surface area contributed by atoms with Crippen LogP contribution in [0.15, 0.2) is 24.5 Å². The summed E-state index contributed by atoms with van der Waals surface area (Å²) in [6.07, 6.45) is 2.96. The largest absolute Gasteiger partial charge is 0.481 e. The molecule has 0 bridgehead atoms. The molecule has 0 aliphatic rings. The van der Waals surface area contributed by atoms with Crippen molar-refractivity contribution in [3.05, 3.63) is 30.3 Å². The SMILES string of the molecule is COc1cc(F)c(-c2ccn[nH]2)cn1. The molecule has 1 N–H and O–H groups in total. The summed E-state index contributed by atoms with van der Waals surface area (Å²) >= 11 is 0. The Morgan fingerprint density at radius 1 is 1.50 bits per heavy atom. The van der Waals surface area contributed by atoms with Crippen LogP contribution >= 0.6 is 0 Å². The van der Waals surface area contributed by atoms with Gasteiger partial charge in [-0.15, -0.1) is 0 Å². The number of aromatic nitrogens is 3. The fourth-order valence-electron chi connectivity index (χ4n) is 1.13. The van der Waals surface area contributed by atoms with Crippen LogP contribution in [0.5, 0.6) is 5.88 Å². The smallest absolute Gasteiger partial charge is 0.215 e. The van der Waals surface area contributed by atoms with E-state index in [0.29, 0.717) is 11.3 Å². The van der Waals surface area contributed by atoms with Crippen LogP contribution in [0.25, 0.3) is 11.3 Å². The number of methoxy groups -OCH3 is 1. The fourth-order valence-corrected chi connectivity index (χ4v) is 1.13. The highest BCUT2D eigenvalue weighted by atomic mass is 19.1. The third kappa shape index (κ3) is 1.44. The molecule has 0 aliphatic carbocycles. The van der Waals surface area contributed by atoms with Crippen LogP contribution in [-0.2, 0) is 0 Å². The fraction of sp³-hybridized carbons (Fsp3) is 0.111. The second-order valence-corrected chi connectivity index (χ2v) is 2.68. The van der Waals surface area contributed by atoms with Gasteiger partial charge in [-0.05, 0) is 6.07 Å². The lowest BCUT2D eigenvalue weighted by molar-refractivity contribution is 0.394. The van der Waals surface area contributed by atoms with Gasteiger partial charge < -0.3 is 4.74 Å². The second kappa shape index (κ2) is 3.45. The third-order valence-electron chi connectivity index (χ3n) is 1.83. The number of H-pyrrole nitrogens is 1. The van der Waals surface area contributed by atoms with E-state index >= 15 is 0 Å². The van der Waals surface area contributed by atoms with Crippen molar-refractivity contribution >= 4 is 0 Å². The number of rotatable bonds is 2. The zero-order valence-electron chi connectivity index (χ0n) is 7.49. The summed E-state index contributed by atoms with van der Waals surface area (Å²) < 4.78 is 18.2. The maximum Gasteiger partial charge on any atom is 0.215 e. The lowest BCUT2D eigenvalue weighted by Crippen LogP contribution is -1.91. The first-order valence-corrected chi connectivity index (χ1v) is 4.00. The van der Waals surface area contributed by atoms with Gasteiger partial charge >= 0.3 is 0 Å². The Kier molecular flexibility index (Phi) is 2.14. The van der Waals surface area contributed by atoms with Gasteiger partial charge in [0.15, 0.2) is 0 Å². The second-order valence-electron chi connectivity index (χ2n) is 2.68. The number of pyridine rings is 1. The first-order valence-electron chi connectivity index (χ1n) is 4.00. The van der Waals surface area contributed by atoms with Gasteiger partial charge in [-0.3, -0.25) is 5.10 Å². The number of nitrogens with one attached hydrogen (secondary N) is 1. The van der Waals surface area contributed by atoms with Crippen LogP contribution in [0.4, 0.5) is 4.39 Å². The highest BCUT2D eigenvalue weighted by Crippen LogP contribution is 2.21. The molecule has 2 aromatic rings. The van der Waals surface area contributed by atoms with Crippen LogP contribution in [0.1, 0.15) is 0 Å². The quantitative estimate of drug-likeness (QED) is 0.788. The molecule has 0 aromatic carbocycles. The van der Waals surface area contributed by atoms with Crippen molar-refractivity contribution in [2.45, 2.75) is 0 Å². The summed E-state index contributed by atoms with van der Waals surface area (Å²) in [5.41, 5.74) is 0.973. The molecule has 14 heavy (non-hydrogen) atoms. The van der Waals surface area contributed by atoms with E-state index < -0.39 is 0 Å². The number of halogens is 1. The molecule has 0 fully saturated rings. The topological polar surface area (TPSA) is 50.8 Å². The molecular formula is C9H8FN3O. The van der Waals surface area contributed by atoms with Crippen LogP contribution < -0.4 is 4.74 Å². The lowest BCUT2D eigenvalue weighted by atomic mass is 10.2. The van der Waals surface area contributed by atoms with Gasteiger partial charge in [0.2, 0.25) is 5.88 Å². The van der Waals surface area contributed by atoms with Gasteiger partial charge in [0.05, 0.1) is 18.4 Å². The van der Waals surface area contributed by atoms with E-state index in [1.807, 2.05) is 0 Å². The zero-order valence-corrected chi connectivity index (χ0v) is 7.49. The molecule has 0 atom stereocenters. The molecule has 72 valence electrons. The summed E-state index contributed by atoms with van der Waals surface area (Å²) in [6.45, 7) is 0. The van der Waals surface area contributed by atoms with Crippen molar-refractivity contribution in [1.29, 1.82) is 0 Å². The maximum atomic E-state index is 13.4. The molecule has 2 aromatic heterocycles. The molecule has 0 amide bonds. The number of nitrogens with zero attached hydrogens (tertiary/aromatic N) is 2. The maximum absolute atomic E-state index is 13.4. The third-order valence-corrected chi connectivity index (χ3v) is 1.83. The monoisotopic (exact) mass is 193 g/mol. The molecule has 0 radical (unpaired) electrons. The van der Waals surface area contributed by atoms with Crippen LogP contribution in [-0.4, -0.2) is 22.3 Å². The first-order chi connectivity index (χ1) is 6.81. The number of hydrogen-bond donors (Lipinski definition) is 1. The molecule has 2 heterocycles. The molecule has 2 rings (SSSR count). The van der Waals surface area contributed by atoms with Crippen LogP contribution in [0, 0.1) is 5.82 Å². The van der Waals surface area contributed by atoms with Crippen molar-refractivity contribution in [3.63, 3.8) is 0 Å². The Labute approximate surface area is 79.7 Å². The molecule has 0 saturated heterocycles. The van der Waals surface area contributed by atoms with E-state index in [0.717, 1.165) is 0 Å². The standard InChI is InChI=1S/C9H8FN3O/c1-14-9-4-7(10)6(5-11-9)8-2-3-12-13-8/h2-5H,1H3,(H,12,13). The minimum atomic E-state index is -0.388. The van der Waals surface area contributed by atoms with Gasteiger partial charge in [-0.25, -0.2) is 9.37 Å². The van der Waals surface area contributed by atoms with Crippen LogP contribution in [0.3, 0.4) is 0 Å². The molecule has 0 saturated carbocycles. The van der Waals surface area contributed by atoms with Crippen molar-refractivity contribution in [1.82, 2.24) is 15.2 Å². The summed E-state index contributed by atoms with van der Waals surface area (Å²) in [7, 11) is 1.44. The molecule has 5 heteroatoms. The Morgan fingerprint density at radius 3 is 2.93 bits per heavy atom. The number of ether oxygens (including phenoxy) is 1.